The zero-order chi connectivity index (χ0) is 41.4. The minimum atomic E-state index is 0.706. The van der Waals surface area contributed by atoms with E-state index in [9.17, 15) is 0 Å². The van der Waals surface area contributed by atoms with Crippen molar-refractivity contribution in [2.45, 2.75) is 12.8 Å². The molecule has 0 atom stereocenters. The lowest BCUT2D eigenvalue weighted by atomic mass is 9.98. The zero-order valence-electron chi connectivity index (χ0n) is 34.2. The van der Waals surface area contributed by atoms with Crippen LogP contribution in [0.25, 0.3) is 88.0 Å². The van der Waals surface area contributed by atoms with Crippen molar-refractivity contribution in [2.75, 3.05) is 4.90 Å². The number of allylic oxidation sites excluding steroid dienone is 4. The number of nitrogens with zero attached hydrogens (tertiary/aromatic N) is 4. The molecule has 63 heavy (non-hydrogen) atoms. The molecule has 5 heteroatoms. The molecule has 1 aliphatic carbocycles. The summed E-state index contributed by atoms with van der Waals surface area (Å²) >= 11 is 0. The van der Waals surface area contributed by atoms with Gasteiger partial charge < -0.3 is 14.2 Å². The van der Waals surface area contributed by atoms with Crippen molar-refractivity contribution in [1.29, 1.82) is 0 Å². The average molecular weight is 807 g/mol. The van der Waals surface area contributed by atoms with Gasteiger partial charge in [0.2, 0.25) is 0 Å². The molecular formula is C58H38N4O. The normalized spacial score (nSPS) is 13.4. The second-order valence-electron chi connectivity index (χ2n) is 16.4. The Bertz CT molecular complexity index is 3730. The second kappa shape index (κ2) is 14.2. The summed E-state index contributed by atoms with van der Waals surface area (Å²) in [7, 11) is 0. The molecule has 11 aromatic rings. The maximum absolute atomic E-state index is 6.58. The molecule has 0 N–H and O–H groups in total. The molecule has 2 aliphatic rings. The summed E-state index contributed by atoms with van der Waals surface area (Å²) in [6.45, 7) is 0. The first-order valence-corrected chi connectivity index (χ1v) is 21.6. The summed E-state index contributed by atoms with van der Waals surface area (Å²) in [5.74, 6) is 2.35. The van der Waals surface area contributed by atoms with Crippen LogP contribution in [0.5, 0.6) is 11.5 Å². The van der Waals surface area contributed by atoms with Gasteiger partial charge in [0.05, 0.1) is 33.6 Å². The molecule has 9 aromatic carbocycles. The number of rotatable bonds is 5. The standard InChI is InChI=1S/C58H38N4O/c1-3-17-39(18-4-1)55-48-32-29-38-16-8-10-24-45(38)56(48)60-58(59-55)41-19-13-22-43(35-41)62-50-33-30-37-15-7-9-23-44(37)54(50)47-26-14-25-46(57(47)62)40-31-34-53-51(36-40)61(42-20-5-2-6-21-42)49-27-11-12-28-52(49)63-53/h2-3,5-36H,1,4H2. The van der Waals surface area contributed by atoms with Crippen LogP contribution < -0.4 is 9.64 Å². The van der Waals surface area contributed by atoms with E-state index in [0.717, 1.165) is 108 Å². The number of hydrogen-bond acceptors (Lipinski definition) is 4. The molecule has 5 nitrogen and oxygen atoms in total. The van der Waals surface area contributed by atoms with E-state index in [1.165, 1.54) is 21.5 Å². The maximum Gasteiger partial charge on any atom is 0.160 e. The third-order valence-corrected chi connectivity index (χ3v) is 12.8. The summed E-state index contributed by atoms with van der Waals surface area (Å²) in [5.41, 5.74) is 12.6. The average Bonchev–Trinajstić information content (AvgIpc) is 3.71. The molecular weight excluding hydrogens is 769 g/mol. The Kier molecular flexibility index (Phi) is 7.97. The Morgan fingerprint density at radius 3 is 2.13 bits per heavy atom. The fraction of sp³-hybridized carbons (Fsp3) is 0.0345. The van der Waals surface area contributed by atoms with E-state index >= 15 is 0 Å². The van der Waals surface area contributed by atoms with Crippen molar-refractivity contribution in [3.05, 3.63) is 212 Å². The van der Waals surface area contributed by atoms with Crippen LogP contribution in [0.1, 0.15) is 18.5 Å². The van der Waals surface area contributed by atoms with Crippen LogP contribution in [0.4, 0.5) is 17.1 Å². The third-order valence-electron chi connectivity index (χ3n) is 12.8. The van der Waals surface area contributed by atoms with Gasteiger partial charge in [-0.15, -0.1) is 0 Å². The number of aromatic nitrogens is 3. The Hall–Kier alpha value is -8.28. The van der Waals surface area contributed by atoms with Crippen LogP contribution in [0.2, 0.25) is 0 Å². The van der Waals surface area contributed by atoms with Crippen LogP contribution in [0.15, 0.2) is 206 Å². The van der Waals surface area contributed by atoms with Crippen molar-refractivity contribution in [3.63, 3.8) is 0 Å². The molecule has 0 bridgehead atoms. The lowest BCUT2D eigenvalue weighted by Gasteiger charge is -2.33. The van der Waals surface area contributed by atoms with Gasteiger partial charge in [0.25, 0.3) is 0 Å². The fourth-order valence-corrected chi connectivity index (χ4v) is 9.90. The van der Waals surface area contributed by atoms with E-state index in [1.807, 2.05) is 12.1 Å². The van der Waals surface area contributed by atoms with E-state index in [2.05, 4.69) is 204 Å². The predicted molar refractivity (Wildman–Crippen MR) is 261 cm³/mol. The molecule has 0 amide bonds. The van der Waals surface area contributed by atoms with Gasteiger partial charge >= 0.3 is 0 Å². The first-order valence-electron chi connectivity index (χ1n) is 21.6. The van der Waals surface area contributed by atoms with Gasteiger partial charge in [-0.2, -0.15) is 0 Å². The molecule has 3 heterocycles. The highest BCUT2D eigenvalue weighted by Crippen LogP contribution is 2.52. The molecule has 1 aliphatic heterocycles. The van der Waals surface area contributed by atoms with Gasteiger partial charge in [-0.05, 0) is 101 Å². The van der Waals surface area contributed by atoms with E-state index in [-0.39, 0.29) is 0 Å². The number of benzene rings is 9. The van der Waals surface area contributed by atoms with Crippen molar-refractivity contribution in [1.82, 2.24) is 14.5 Å². The number of para-hydroxylation sites is 4. The van der Waals surface area contributed by atoms with E-state index < -0.39 is 0 Å². The van der Waals surface area contributed by atoms with Gasteiger partial charge in [-0.25, -0.2) is 9.97 Å². The summed E-state index contributed by atoms with van der Waals surface area (Å²) < 4.78 is 9.03. The minimum absolute atomic E-state index is 0.706. The highest BCUT2D eigenvalue weighted by molar-refractivity contribution is 6.23. The molecule has 0 fully saturated rings. The topological polar surface area (TPSA) is 43.2 Å². The highest BCUT2D eigenvalue weighted by Gasteiger charge is 2.27. The van der Waals surface area contributed by atoms with Crippen LogP contribution in [-0.2, 0) is 0 Å². The van der Waals surface area contributed by atoms with Crippen molar-refractivity contribution in [2.24, 2.45) is 0 Å². The first kappa shape index (κ1) is 35.5. The molecule has 0 saturated heterocycles. The van der Waals surface area contributed by atoms with Gasteiger partial charge in [0.1, 0.15) is 0 Å². The Morgan fingerprint density at radius 2 is 1.24 bits per heavy atom. The van der Waals surface area contributed by atoms with Crippen LogP contribution in [0, 0.1) is 0 Å². The summed E-state index contributed by atoms with van der Waals surface area (Å²) in [5, 5.41) is 8.20. The highest BCUT2D eigenvalue weighted by atomic mass is 16.5. The summed E-state index contributed by atoms with van der Waals surface area (Å²) in [6, 6.07) is 67.1. The number of hydrogen-bond donors (Lipinski definition) is 0. The third kappa shape index (κ3) is 5.63. The van der Waals surface area contributed by atoms with Crippen LogP contribution in [0.3, 0.4) is 0 Å². The number of ether oxygens (including phenoxy) is 1. The Morgan fingerprint density at radius 1 is 0.492 bits per heavy atom. The van der Waals surface area contributed by atoms with E-state index in [0.29, 0.717) is 5.82 Å². The molecule has 0 radical (unpaired) electrons. The smallest absolute Gasteiger partial charge is 0.160 e. The quantitative estimate of drug-likeness (QED) is 0.163. The zero-order valence-corrected chi connectivity index (χ0v) is 34.2. The molecule has 0 unspecified atom stereocenters. The monoisotopic (exact) mass is 806 g/mol. The van der Waals surface area contributed by atoms with Gasteiger partial charge in [-0.3, -0.25) is 0 Å². The van der Waals surface area contributed by atoms with Gasteiger partial charge in [0, 0.05) is 44.0 Å². The lowest BCUT2D eigenvalue weighted by molar-refractivity contribution is 0.477. The molecule has 296 valence electrons. The maximum atomic E-state index is 6.58. The van der Waals surface area contributed by atoms with E-state index in [1.54, 1.807) is 0 Å². The molecule has 13 rings (SSSR count). The van der Waals surface area contributed by atoms with Crippen molar-refractivity contribution >= 4 is 76.9 Å². The number of fused-ring (bicyclic) bond motifs is 10. The van der Waals surface area contributed by atoms with Gasteiger partial charge in [0.15, 0.2) is 17.3 Å². The summed E-state index contributed by atoms with van der Waals surface area (Å²) in [6.07, 6.45) is 8.82. The number of anilines is 3. The molecule has 2 aromatic heterocycles. The molecule has 0 spiro atoms. The van der Waals surface area contributed by atoms with Crippen molar-refractivity contribution in [3.8, 4) is 39.7 Å². The fourth-order valence-electron chi connectivity index (χ4n) is 9.90. The Balaban J connectivity index is 1.05. The van der Waals surface area contributed by atoms with Crippen LogP contribution >= 0.6 is 0 Å². The van der Waals surface area contributed by atoms with Crippen molar-refractivity contribution < 1.29 is 4.74 Å². The van der Waals surface area contributed by atoms with Crippen LogP contribution in [-0.4, -0.2) is 14.5 Å². The Labute approximate surface area is 364 Å². The SMILES string of the molecule is C1=CC(c2nc(-c3cccc(-n4c5ccc6ccccc6c5c5cccc(-c6ccc7c(c6)N(c6ccccc6)c6ccccc6O7)c54)c3)nc3c2ccc2ccccc23)=CCC1. The minimum Gasteiger partial charge on any atom is -0.453 e. The lowest BCUT2D eigenvalue weighted by Crippen LogP contribution is -2.15. The molecule has 0 saturated carbocycles. The first-order chi connectivity index (χ1) is 31.2. The second-order valence-corrected chi connectivity index (χ2v) is 16.4. The largest absolute Gasteiger partial charge is 0.453 e. The van der Waals surface area contributed by atoms with Gasteiger partial charge in [-0.1, -0.05) is 146 Å². The van der Waals surface area contributed by atoms with E-state index in [4.69, 9.17) is 14.7 Å². The predicted octanol–water partition coefficient (Wildman–Crippen LogP) is 15.7. The summed E-state index contributed by atoms with van der Waals surface area (Å²) in [4.78, 5) is 13.1.